The van der Waals surface area contributed by atoms with Gasteiger partial charge in [0, 0.05) is 6.42 Å². The fourth-order valence-corrected chi connectivity index (χ4v) is 1.72. The van der Waals surface area contributed by atoms with Gasteiger partial charge in [0.15, 0.2) is 0 Å². The van der Waals surface area contributed by atoms with Crippen molar-refractivity contribution in [3.63, 3.8) is 0 Å². The summed E-state index contributed by atoms with van der Waals surface area (Å²) in [7, 11) is 0. The quantitative estimate of drug-likeness (QED) is 0.456. The van der Waals surface area contributed by atoms with Crippen molar-refractivity contribution in [3.8, 4) is 0 Å². The standard InChI is InChI=1S/C10H17N3O4/c11-8(14)4-3-7(10(16)17)13-9(15)6-2-1-5-12-6/h6-7,12H,1-5H2,(H2,11,14)(H,13,15)(H,16,17)/t6-,7-/m1/s1. The SMILES string of the molecule is NC(=O)CC[C@@H](NC(=O)[C@H]1CCCN1)C(=O)O. The number of hydrogen-bond donors (Lipinski definition) is 4. The molecule has 7 nitrogen and oxygen atoms in total. The minimum Gasteiger partial charge on any atom is -0.480 e. The molecule has 5 N–H and O–H groups in total. The van der Waals surface area contributed by atoms with Gasteiger partial charge in [-0.05, 0) is 25.8 Å². The molecule has 2 atom stereocenters. The Morgan fingerprint density at radius 3 is 2.65 bits per heavy atom. The molecular weight excluding hydrogens is 226 g/mol. The normalized spacial score (nSPS) is 20.8. The maximum atomic E-state index is 11.7. The summed E-state index contributed by atoms with van der Waals surface area (Å²) in [6, 6.07) is -1.39. The third-order valence-electron chi connectivity index (χ3n) is 2.67. The van der Waals surface area contributed by atoms with E-state index in [9.17, 15) is 14.4 Å². The number of aliphatic carboxylic acids is 1. The van der Waals surface area contributed by atoms with Crippen LogP contribution in [0.1, 0.15) is 25.7 Å². The van der Waals surface area contributed by atoms with Crippen LogP contribution < -0.4 is 16.4 Å². The third kappa shape index (κ3) is 4.39. The lowest BCUT2D eigenvalue weighted by atomic mass is 10.1. The molecule has 0 aromatic carbocycles. The molecule has 0 bridgehead atoms. The van der Waals surface area contributed by atoms with Gasteiger partial charge in [-0.1, -0.05) is 0 Å². The highest BCUT2D eigenvalue weighted by Crippen LogP contribution is 2.06. The van der Waals surface area contributed by atoms with E-state index in [2.05, 4.69) is 10.6 Å². The molecule has 17 heavy (non-hydrogen) atoms. The second-order valence-electron chi connectivity index (χ2n) is 4.05. The average molecular weight is 243 g/mol. The topological polar surface area (TPSA) is 122 Å². The van der Waals surface area contributed by atoms with Crippen LogP contribution in [0.2, 0.25) is 0 Å². The maximum absolute atomic E-state index is 11.7. The molecule has 0 saturated carbocycles. The molecule has 7 heteroatoms. The average Bonchev–Trinajstić information content (AvgIpc) is 2.76. The van der Waals surface area contributed by atoms with E-state index in [0.29, 0.717) is 6.42 Å². The lowest BCUT2D eigenvalue weighted by Gasteiger charge is -2.16. The first kappa shape index (κ1) is 13.4. The van der Waals surface area contributed by atoms with Gasteiger partial charge >= 0.3 is 5.97 Å². The van der Waals surface area contributed by atoms with Gasteiger partial charge in [0.05, 0.1) is 6.04 Å². The highest BCUT2D eigenvalue weighted by Gasteiger charge is 2.27. The van der Waals surface area contributed by atoms with Gasteiger partial charge in [-0.25, -0.2) is 4.79 Å². The number of nitrogens with one attached hydrogen (secondary N) is 2. The molecule has 2 amide bonds. The highest BCUT2D eigenvalue weighted by atomic mass is 16.4. The van der Waals surface area contributed by atoms with Crippen molar-refractivity contribution in [3.05, 3.63) is 0 Å². The number of amides is 2. The molecule has 1 heterocycles. The zero-order chi connectivity index (χ0) is 12.8. The number of hydrogen-bond acceptors (Lipinski definition) is 4. The summed E-state index contributed by atoms with van der Waals surface area (Å²) < 4.78 is 0. The van der Waals surface area contributed by atoms with Crippen LogP contribution in [0.15, 0.2) is 0 Å². The summed E-state index contributed by atoms with van der Waals surface area (Å²) >= 11 is 0. The summed E-state index contributed by atoms with van der Waals surface area (Å²) in [6.07, 6.45) is 1.56. The van der Waals surface area contributed by atoms with Crippen LogP contribution in [0.3, 0.4) is 0 Å². The van der Waals surface area contributed by atoms with E-state index in [1.165, 1.54) is 0 Å². The third-order valence-corrected chi connectivity index (χ3v) is 2.67. The van der Waals surface area contributed by atoms with Crippen molar-refractivity contribution in [2.75, 3.05) is 6.54 Å². The van der Waals surface area contributed by atoms with Crippen LogP contribution in [-0.4, -0.2) is 41.5 Å². The Bertz CT molecular complexity index is 313. The number of primary amides is 1. The van der Waals surface area contributed by atoms with E-state index in [0.717, 1.165) is 13.0 Å². The van der Waals surface area contributed by atoms with Crippen molar-refractivity contribution in [1.82, 2.24) is 10.6 Å². The van der Waals surface area contributed by atoms with Gasteiger partial charge in [-0.15, -0.1) is 0 Å². The van der Waals surface area contributed by atoms with E-state index >= 15 is 0 Å². The summed E-state index contributed by atoms with van der Waals surface area (Å²) in [4.78, 5) is 33.1. The molecule has 0 spiro atoms. The van der Waals surface area contributed by atoms with Gasteiger partial charge < -0.3 is 21.5 Å². The van der Waals surface area contributed by atoms with Crippen LogP contribution in [0.25, 0.3) is 0 Å². The lowest BCUT2D eigenvalue weighted by molar-refractivity contribution is -0.142. The van der Waals surface area contributed by atoms with Crippen molar-refractivity contribution in [2.45, 2.75) is 37.8 Å². The van der Waals surface area contributed by atoms with E-state index in [-0.39, 0.29) is 24.8 Å². The molecule has 0 aromatic heterocycles. The smallest absolute Gasteiger partial charge is 0.326 e. The number of rotatable bonds is 6. The molecule has 0 radical (unpaired) electrons. The first-order valence-electron chi connectivity index (χ1n) is 5.55. The fraction of sp³-hybridized carbons (Fsp3) is 0.700. The monoisotopic (exact) mass is 243 g/mol. The van der Waals surface area contributed by atoms with Crippen LogP contribution in [-0.2, 0) is 14.4 Å². The second-order valence-corrected chi connectivity index (χ2v) is 4.05. The summed E-state index contributed by atoms with van der Waals surface area (Å²) in [5.41, 5.74) is 4.94. The van der Waals surface area contributed by atoms with Gasteiger partial charge in [0.25, 0.3) is 0 Å². The fourth-order valence-electron chi connectivity index (χ4n) is 1.72. The molecule has 1 saturated heterocycles. The molecule has 0 aliphatic carbocycles. The van der Waals surface area contributed by atoms with E-state index in [1.54, 1.807) is 0 Å². The maximum Gasteiger partial charge on any atom is 0.326 e. The van der Waals surface area contributed by atoms with Crippen LogP contribution in [0, 0.1) is 0 Å². The minimum atomic E-state index is -1.16. The molecule has 1 aliphatic rings. The minimum absolute atomic E-state index is 0.0170. The van der Waals surface area contributed by atoms with Gasteiger partial charge in [-0.2, -0.15) is 0 Å². The number of carboxylic acids is 1. The van der Waals surface area contributed by atoms with Crippen LogP contribution in [0.4, 0.5) is 0 Å². The Morgan fingerprint density at radius 2 is 2.18 bits per heavy atom. The molecule has 0 unspecified atom stereocenters. The van der Waals surface area contributed by atoms with E-state index < -0.39 is 17.9 Å². The zero-order valence-corrected chi connectivity index (χ0v) is 9.44. The Labute approximate surface area is 98.7 Å². The van der Waals surface area contributed by atoms with Crippen molar-refractivity contribution in [1.29, 1.82) is 0 Å². The van der Waals surface area contributed by atoms with Gasteiger partial charge in [-0.3, -0.25) is 9.59 Å². The molecule has 1 aliphatic heterocycles. The van der Waals surface area contributed by atoms with Crippen molar-refractivity contribution >= 4 is 17.8 Å². The largest absolute Gasteiger partial charge is 0.480 e. The van der Waals surface area contributed by atoms with Crippen molar-refractivity contribution in [2.24, 2.45) is 5.73 Å². The Balaban J connectivity index is 2.44. The first-order chi connectivity index (χ1) is 8.00. The van der Waals surface area contributed by atoms with E-state index in [4.69, 9.17) is 10.8 Å². The summed E-state index contributed by atoms with van der Waals surface area (Å²) in [5, 5.41) is 14.3. The molecule has 96 valence electrons. The number of nitrogens with two attached hydrogens (primary N) is 1. The lowest BCUT2D eigenvalue weighted by Crippen LogP contribution is -2.48. The number of carboxylic acid groups (broad SMARTS) is 1. The second kappa shape index (κ2) is 6.19. The summed E-state index contributed by atoms with van der Waals surface area (Å²) in [6.45, 7) is 0.761. The predicted octanol–water partition coefficient (Wildman–Crippen LogP) is -1.43. The van der Waals surface area contributed by atoms with Crippen LogP contribution >= 0.6 is 0 Å². The van der Waals surface area contributed by atoms with Gasteiger partial charge in [0.1, 0.15) is 6.04 Å². The molecule has 1 fully saturated rings. The van der Waals surface area contributed by atoms with E-state index in [1.807, 2.05) is 0 Å². The Kier molecular flexibility index (Phi) is 4.89. The molecule has 1 rings (SSSR count). The summed E-state index contributed by atoms with van der Waals surface area (Å²) in [5.74, 6) is -2.07. The first-order valence-corrected chi connectivity index (χ1v) is 5.55. The van der Waals surface area contributed by atoms with Gasteiger partial charge in [0.2, 0.25) is 11.8 Å². The molecule has 0 aromatic rings. The molecular formula is C10H17N3O4. The van der Waals surface area contributed by atoms with Crippen molar-refractivity contribution < 1.29 is 19.5 Å². The highest BCUT2D eigenvalue weighted by molar-refractivity contribution is 5.87. The Hall–Kier alpha value is -1.63. The number of carbonyl (C=O) groups excluding carboxylic acids is 2. The number of carbonyl (C=O) groups is 3. The van der Waals surface area contributed by atoms with Crippen LogP contribution in [0.5, 0.6) is 0 Å². The predicted molar refractivity (Wildman–Crippen MR) is 59.0 cm³/mol. The zero-order valence-electron chi connectivity index (χ0n) is 9.44. The Morgan fingerprint density at radius 1 is 1.47 bits per heavy atom.